The number of hydrogen-bond acceptors (Lipinski definition) is 4. The number of benzene rings is 1. The average Bonchev–Trinajstić information content (AvgIpc) is 2.71. The Balaban J connectivity index is 0.00000300. The molecule has 1 aromatic heterocycles. The number of piperazine rings is 1. The van der Waals surface area contributed by atoms with E-state index in [2.05, 4.69) is 43.1 Å². The van der Waals surface area contributed by atoms with Crippen LogP contribution in [0, 0.1) is 0 Å². The molecule has 0 amide bonds. The highest BCUT2D eigenvalue weighted by Gasteiger charge is 2.18. The Morgan fingerprint density at radius 2 is 1.83 bits per heavy atom. The minimum Gasteiger partial charge on any atom is -0.354 e. The number of hydrogen-bond donors (Lipinski definition) is 1. The third kappa shape index (κ3) is 6.45. The summed E-state index contributed by atoms with van der Waals surface area (Å²) in [6.45, 7) is 5.49. The minimum atomic E-state index is 0. The van der Waals surface area contributed by atoms with Crippen molar-refractivity contribution < 1.29 is 0 Å². The molecule has 8 heteroatoms. The van der Waals surface area contributed by atoms with Crippen LogP contribution in [0.25, 0.3) is 0 Å². The highest BCUT2D eigenvalue weighted by Crippen LogP contribution is 2.19. The number of pyridine rings is 1. The lowest BCUT2D eigenvalue weighted by molar-refractivity contribution is 0.311. The van der Waals surface area contributed by atoms with Crippen molar-refractivity contribution in [2.45, 2.75) is 13.1 Å². The molecule has 1 N–H and O–H groups in total. The molecule has 1 saturated heterocycles. The molecule has 0 aliphatic carbocycles. The van der Waals surface area contributed by atoms with E-state index in [0.717, 1.165) is 48.5 Å². The van der Waals surface area contributed by atoms with Gasteiger partial charge in [0, 0.05) is 70.1 Å². The predicted molar refractivity (Wildman–Crippen MR) is 132 cm³/mol. The first-order valence-electron chi connectivity index (χ1n) is 9.61. The monoisotopic (exact) mass is 528 g/mol. The fourth-order valence-corrected chi connectivity index (χ4v) is 3.58. The average molecular weight is 529 g/mol. The summed E-state index contributed by atoms with van der Waals surface area (Å²) >= 11 is 6.30. The first-order valence-corrected chi connectivity index (χ1v) is 9.99. The van der Waals surface area contributed by atoms with Gasteiger partial charge in [-0.25, -0.2) is 4.98 Å². The maximum Gasteiger partial charge on any atom is 0.193 e. The third-order valence-corrected chi connectivity index (χ3v) is 5.41. The van der Waals surface area contributed by atoms with Gasteiger partial charge in [0.2, 0.25) is 0 Å². The van der Waals surface area contributed by atoms with Crippen molar-refractivity contribution in [1.82, 2.24) is 20.1 Å². The molecule has 0 spiro atoms. The summed E-state index contributed by atoms with van der Waals surface area (Å²) < 4.78 is 0. The fraction of sp³-hybridized carbons (Fsp3) is 0.429. The van der Waals surface area contributed by atoms with Crippen LogP contribution in [0.15, 0.2) is 47.6 Å². The van der Waals surface area contributed by atoms with Crippen molar-refractivity contribution in [3.63, 3.8) is 0 Å². The number of anilines is 1. The number of aliphatic imine (C=N–C) groups is 1. The van der Waals surface area contributed by atoms with Gasteiger partial charge in [0.1, 0.15) is 5.82 Å². The Morgan fingerprint density at radius 3 is 2.52 bits per heavy atom. The van der Waals surface area contributed by atoms with E-state index in [0.29, 0.717) is 13.1 Å². The van der Waals surface area contributed by atoms with Crippen molar-refractivity contribution >= 4 is 47.4 Å². The number of nitrogens with one attached hydrogen (secondary N) is 1. The predicted octanol–water partition coefficient (Wildman–Crippen LogP) is 3.31. The summed E-state index contributed by atoms with van der Waals surface area (Å²) in [6.07, 6.45) is 1.87. The van der Waals surface area contributed by atoms with Crippen LogP contribution in [-0.4, -0.2) is 68.1 Å². The van der Waals surface area contributed by atoms with E-state index >= 15 is 0 Å². The van der Waals surface area contributed by atoms with Gasteiger partial charge in [-0.3, -0.25) is 4.99 Å². The zero-order chi connectivity index (χ0) is 19.9. The molecule has 1 aliphatic heterocycles. The second-order valence-electron chi connectivity index (χ2n) is 7.12. The molecule has 158 valence electrons. The molecule has 2 heterocycles. The molecule has 1 fully saturated rings. The van der Waals surface area contributed by atoms with Gasteiger partial charge in [-0.2, -0.15) is 0 Å². The zero-order valence-electron chi connectivity index (χ0n) is 17.3. The second-order valence-corrected chi connectivity index (χ2v) is 7.53. The summed E-state index contributed by atoms with van der Waals surface area (Å²) in [5.41, 5.74) is 2.26. The Bertz CT molecular complexity index is 807. The van der Waals surface area contributed by atoms with Gasteiger partial charge in [0.05, 0.1) is 0 Å². The first-order chi connectivity index (χ1) is 13.6. The van der Waals surface area contributed by atoms with E-state index in [9.17, 15) is 0 Å². The summed E-state index contributed by atoms with van der Waals surface area (Å²) in [5.74, 6) is 1.89. The van der Waals surface area contributed by atoms with Crippen molar-refractivity contribution in [3.8, 4) is 0 Å². The molecular weight excluding hydrogens is 499 g/mol. The molecular formula is C21H30ClIN6. The molecule has 29 heavy (non-hydrogen) atoms. The topological polar surface area (TPSA) is 47.0 Å². The zero-order valence-corrected chi connectivity index (χ0v) is 20.4. The molecule has 0 bridgehead atoms. The molecule has 6 nitrogen and oxygen atoms in total. The van der Waals surface area contributed by atoms with Gasteiger partial charge in [0.25, 0.3) is 0 Å². The number of aromatic nitrogens is 1. The van der Waals surface area contributed by atoms with Gasteiger partial charge in [-0.15, -0.1) is 24.0 Å². The molecule has 2 aromatic rings. The minimum absolute atomic E-state index is 0. The SMILES string of the molecule is CN=C(NCc1cccnc1N1CCN(C)CC1)N(C)Cc1ccccc1Cl.I. The number of nitrogens with zero attached hydrogens (tertiary/aromatic N) is 5. The number of likely N-dealkylation sites (N-methyl/N-ethyl adjacent to an activating group) is 1. The quantitative estimate of drug-likeness (QED) is 0.367. The van der Waals surface area contributed by atoms with Crippen LogP contribution in [0.4, 0.5) is 5.82 Å². The van der Waals surface area contributed by atoms with Gasteiger partial charge in [0.15, 0.2) is 5.96 Å². The van der Waals surface area contributed by atoms with Crippen LogP contribution in [0.5, 0.6) is 0 Å². The van der Waals surface area contributed by atoms with Crippen molar-refractivity contribution in [3.05, 3.63) is 58.7 Å². The summed E-state index contributed by atoms with van der Waals surface area (Å²) in [4.78, 5) is 15.9. The molecule has 1 aliphatic rings. The first kappa shape index (κ1) is 23.7. The van der Waals surface area contributed by atoms with Crippen LogP contribution in [-0.2, 0) is 13.1 Å². The van der Waals surface area contributed by atoms with Gasteiger partial charge >= 0.3 is 0 Å². The highest BCUT2D eigenvalue weighted by molar-refractivity contribution is 14.0. The van der Waals surface area contributed by atoms with E-state index in [1.165, 1.54) is 5.56 Å². The maximum absolute atomic E-state index is 6.30. The molecule has 0 atom stereocenters. The highest BCUT2D eigenvalue weighted by atomic mass is 127. The number of guanidine groups is 1. The molecule has 3 rings (SSSR count). The van der Waals surface area contributed by atoms with Gasteiger partial charge < -0.3 is 20.0 Å². The number of halogens is 2. The lowest BCUT2D eigenvalue weighted by atomic mass is 10.2. The lowest BCUT2D eigenvalue weighted by Crippen LogP contribution is -2.45. The van der Waals surface area contributed by atoms with Gasteiger partial charge in [-0.1, -0.05) is 35.9 Å². The standard InChI is InChI=1S/C21H29ClN6.HI/c1-23-21(27(3)16-18-7-4-5-9-19(18)22)25-15-17-8-6-10-24-20(17)28-13-11-26(2)12-14-28;/h4-10H,11-16H2,1-3H3,(H,23,25);1H. The molecule has 0 radical (unpaired) electrons. The van der Waals surface area contributed by atoms with Crippen LogP contribution in [0.1, 0.15) is 11.1 Å². The summed E-state index contributed by atoms with van der Waals surface area (Å²) in [5, 5.41) is 4.24. The summed E-state index contributed by atoms with van der Waals surface area (Å²) in [7, 11) is 5.98. The summed E-state index contributed by atoms with van der Waals surface area (Å²) in [6, 6.07) is 12.0. The van der Waals surface area contributed by atoms with Crippen molar-refractivity contribution in [1.29, 1.82) is 0 Å². The van der Waals surface area contributed by atoms with E-state index in [1.54, 1.807) is 7.05 Å². The Labute approximate surface area is 196 Å². The number of rotatable bonds is 5. The normalized spacial score (nSPS) is 15.0. The Hall–Kier alpha value is -1.58. The largest absolute Gasteiger partial charge is 0.354 e. The molecule has 0 saturated carbocycles. The van der Waals surface area contributed by atoms with Crippen molar-refractivity contribution in [2.75, 3.05) is 52.2 Å². The van der Waals surface area contributed by atoms with Crippen LogP contribution < -0.4 is 10.2 Å². The third-order valence-electron chi connectivity index (χ3n) is 5.05. The van der Waals surface area contributed by atoms with Gasteiger partial charge in [-0.05, 0) is 24.7 Å². The second kappa shape index (κ2) is 11.6. The van der Waals surface area contributed by atoms with E-state index in [1.807, 2.05) is 43.6 Å². The van der Waals surface area contributed by atoms with E-state index in [4.69, 9.17) is 11.6 Å². The Kier molecular flexibility index (Phi) is 9.45. The Morgan fingerprint density at radius 1 is 1.14 bits per heavy atom. The van der Waals surface area contributed by atoms with Crippen molar-refractivity contribution in [2.24, 2.45) is 4.99 Å². The maximum atomic E-state index is 6.30. The van der Waals surface area contributed by atoms with E-state index in [-0.39, 0.29) is 24.0 Å². The van der Waals surface area contributed by atoms with Crippen LogP contribution in [0.2, 0.25) is 5.02 Å². The lowest BCUT2D eigenvalue weighted by Gasteiger charge is -2.34. The van der Waals surface area contributed by atoms with E-state index < -0.39 is 0 Å². The van der Waals surface area contributed by atoms with Crippen LogP contribution >= 0.6 is 35.6 Å². The molecule has 0 unspecified atom stereocenters. The smallest absolute Gasteiger partial charge is 0.193 e. The molecule has 1 aromatic carbocycles. The van der Waals surface area contributed by atoms with Crippen LogP contribution in [0.3, 0.4) is 0 Å². The fourth-order valence-electron chi connectivity index (χ4n) is 3.39.